The molecule has 1 amide bonds. The zero-order valence-corrected chi connectivity index (χ0v) is 10.2. The van der Waals surface area contributed by atoms with Crippen molar-refractivity contribution in [3.05, 3.63) is 59.2 Å². The summed E-state index contributed by atoms with van der Waals surface area (Å²) in [4.78, 5) is 25.9. The van der Waals surface area contributed by atoms with E-state index in [2.05, 4.69) is 4.98 Å². The van der Waals surface area contributed by atoms with Crippen LogP contribution in [0.3, 0.4) is 0 Å². The molecule has 0 radical (unpaired) electrons. The molecule has 8 heteroatoms. The number of amides is 1. The fourth-order valence-electron chi connectivity index (χ4n) is 1.47. The minimum absolute atomic E-state index is 0.0656. The molecule has 1 heterocycles. The minimum atomic E-state index is -1.38. The molecule has 0 unspecified atom stereocenters. The van der Waals surface area contributed by atoms with Crippen LogP contribution in [0.15, 0.2) is 30.5 Å². The molecule has 0 atom stereocenters. The summed E-state index contributed by atoms with van der Waals surface area (Å²) in [6, 6.07) is 3.04. The standard InChI is InChI=1S/C13H7F3N2O3/c14-7-3-9(16)11(4-8(7)15)18-12(19)6-1-2-10(13(20)21)17-5-6/h1-5H,(H,18,19)(H,20,21). The fourth-order valence-corrected chi connectivity index (χ4v) is 1.47. The minimum Gasteiger partial charge on any atom is -0.477 e. The van der Waals surface area contributed by atoms with E-state index in [-0.39, 0.29) is 11.3 Å². The van der Waals surface area contributed by atoms with Gasteiger partial charge in [0.25, 0.3) is 5.91 Å². The Morgan fingerprint density at radius 2 is 1.71 bits per heavy atom. The van der Waals surface area contributed by atoms with Crippen LogP contribution >= 0.6 is 0 Å². The smallest absolute Gasteiger partial charge is 0.354 e. The number of anilines is 1. The molecular weight excluding hydrogens is 289 g/mol. The molecule has 2 aromatic rings. The second-order valence-electron chi connectivity index (χ2n) is 3.94. The molecule has 108 valence electrons. The Kier molecular flexibility index (Phi) is 3.88. The second-order valence-corrected chi connectivity index (χ2v) is 3.94. The second kappa shape index (κ2) is 5.61. The molecule has 21 heavy (non-hydrogen) atoms. The van der Waals surface area contributed by atoms with Crippen LogP contribution in [0.25, 0.3) is 0 Å². The van der Waals surface area contributed by atoms with Gasteiger partial charge in [0, 0.05) is 18.3 Å². The number of aromatic carboxylic acids is 1. The number of nitrogens with zero attached hydrogens (tertiary/aromatic N) is 1. The van der Waals surface area contributed by atoms with Gasteiger partial charge in [-0.3, -0.25) is 4.79 Å². The van der Waals surface area contributed by atoms with Gasteiger partial charge in [0.15, 0.2) is 11.6 Å². The molecule has 0 saturated carbocycles. The van der Waals surface area contributed by atoms with E-state index in [0.29, 0.717) is 12.1 Å². The monoisotopic (exact) mass is 296 g/mol. The Hall–Kier alpha value is -2.90. The lowest BCUT2D eigenvalue weighted by Crippen LogP contribution is -2.14. The lowest BCUT2D eigenvalue weighted by atomic mass is 10.2. The van der Waals surface area contributed by atoms with E-state index >= 15 is 0 Å². The van der Waals surface area contributed by atoms with Crippen LogP contribution < -0.4 is 5.32 Å². The molecule has 1 aromatic carbocycles. The SMILES string of the molecule is O=C(Nc1cc(F)c(F)cc1F)c1ccc(C(=O)O)nc1. The third-order valence-electron chi connectivity index (χ3n) is 2.50. The normalized spacial score (nSPS) is 10.2. The van der Waals surface area contributed by atoms with Crippen LogP contribution in [0, 0.1) is 17.5 Å². The molecule has 0 aliphatic heterocycles. The lowest BCUT2D eigenvalue weighted by molar-refractivity contribution is 0.0690. The average Bonchev–Trinajstić information content (AvgIpc) is 2.44. The predicted molar refractivity (Wildman–Crippen MR) is 65.5 cm³/mol. The van der Waals surface area contributed by atoms with Gasteiger partial charge in [-0.1, -0.05) is 0 Å². The van der Waals surface area contributed by atoms with Gasteiger partial charge in [0.05, 0.1) is 11.3 Å². The highest BCUT2D eigenvalue weighted by Crippen LogP contribution is 2.19. The van der Waals surface area contributed by atoms with E-state index in [4.69, 9.17) is 5.11 Å². The third-order valence-corrected chi connectivity index (χ3v) is 2.50. The van der Waals surface area contributed by atoms with Crippen molar-refractivity contribution >= 4 is 17.6 Å². The quantitative estimate of drug-likeness (QED) is 0.853. The molecule has 0 fully saturated rings. The van der Waals surface area contributed by atoms with Crippen LogP contribution in [-0.2, 0) is 0 Å². The van der Waals surface area contributed by atoms with Gasteiger partial charge in [-0.2, -0.15) is 0 Å². The number of carboxylic acid groups (broad SMARTS) is 1. The van der Waals surface area contributed by atoms with Crippen molar-refractivity contribution in [2.75, 3.05) is 5.32 Å². The molecule has 1 aromatic heterocycles. The van der Waals surface area contributed by atoms with Gasteiger partial charge in [0.2, 0.25) is 0 Å². The maximum atomic E-state index is 13.4. The molecule has 0 aliphatic rings. The number of rotatable bonds is 3. The Balaban J connectivity index is 2.22. The van der Waals surface area contributed by atoms with Gasteiger partial charge in [-0.05, 0) is 12.1 Å². The van der Waals surface area contributed by atoms with Crippen LogP contribution in [0.1, 0.15) is 20.8 Å². The number of hydrogen-bond acceptors (Lipinski definition) is 3. The Bertz CT molecular complexity index is 717. The van der Waals surface area contributed by atoms with E-state index in [1.54, 1.807) is 0 Å². The zero-order valence-electron chi connectivity index (χ0n) is 10.2. The van der Waals surface area contributed by atoms with Crippen molar-refractivity contribution < 1.29 is 27.9 Å². The third kappa shape index (κ3) is 3.16. The Labute approximate surface area is 116 Å². The highest BCUT2D eigenvalue weighted by molar-refractivity contribution is 6.04. The van der Waals surface area contributed by atoms with Crippen molar-refractivity contribution in [1.29, 1.82) is 0 Å². The number of hydrogen-bond donors (Lipinski definition) is 2. The largest absolute Gasteiger partial charge is 0.477 e. The first-order valence-corrected chi connectivity index (χ1v) is 5.53. The van der Waals surface area contributed by atoms with Gasteiger partial charge < -0.3 is 10.4 Å². The highest BCUT2D eigenvalue weighted by atomic mass is 19.2. The summed E-state index contributed by atoms with van der Waals surface area (Å²) in [5.74, 6) is -5.95. The lowest BCUT2D eigenvalue weighted by Gasteiger charge is -2.07. The van der Waals surface area contributed by atoms with Crippen LogP contribution in [0.2, 0.25) is 0 Å². The number of aromatic nitrogens is 1. The summed E-state index contributed by atoms with van der Waals surface area (Å²) >= 11 is 0. The summed E-state index contributed by atoms with van der Waals surface area (Å²) in [6.45, 7) is 0. The summed E-state index contributed by atoms with van der Waals surface area (Å²) in [6.07, 6.45) is 0.969. The summed E-state index contributed by atoms with van der Waals surface area (Å²) < 4.78 is 39.1. The molecule has 2 rings (SSSR count). The van der Waals surface area contributed by atoms with E-state index in [1.165, 1.54) is 0 Å². The van der Waals surface area contributed by atoms with Gasteiger partial charge in [-0.25, -0.2) is 22.9 Å². The maximum absolute atomic E-state index is 13.4. The Morgan fingerprint density at radius 3 is 2.29 bits per heavy atom. The first-order chi connectivity index (χ1) is 9.88. The molecule has 2 N–H and O–H groups in total. The number of nitrogens with one attached hydrogen (secondary N) is 1. The van der Waals surface area contributed by atoms with Crippen molar-refractivity contribution in [3.63, 3.8) is 0 Å². The molecular formula is C13H7F3N2O3. The van der Waals surface area contributed by atoms with Crippen molar-refractivity contribution in [2.45, 2.75) is 0 Å². The molecule has 0 saturated heterocycles. The number of carbonyl (C=O) groups is 2. The van der Waals surface area contributed by atoms with E-state index in [0.717, 1.165) is 18.3 Å². The van der Waals surface area contributed by atoms with Crippen molar-refractivity contribution in [1.82, 2.24) is 4.98 Å². The van der Waals surface area contributed by atoms with Gasteiger partial charge in [0.1, 0.15) is 11.5 Å². The predicted octanol–water partition coefficient (Wildman–Crippen LogP) is 2.45. The van der Waals surface area contributed by atoms with E-state index < -0.39 is 35.0 Å². The topological polar surface area (TPSA) is 79.3 Å². The maximum Gasteiger partial charge on any atom is 0.354 e. The molecule has 0 spiro atoms. The molecule has 0 aliphatic carbocycles. The van der Waals surface area contributed by atoms with Crippen LogP contribution in [-0.4, -0.2) is 22.0 Å². The summed E-state index contributed by atoms with van der Waals surface area (Å²) in [5, 5.41) is 10.7. The van der Waals surface area contributed by atoms with Crippen molar-refractivity contribution in [2.24, 2.45) is 0 Å². The first-order valence-electron chi connectivity index (χ1n) is 5.53. The van der Waals surface area contributed by atoms with E-state index in [9.17, 15) is 22.8 Å². The Morgan fingerprint density at radius 1 is 1.05 bits per heavy atom. The van der Waals surface area contributed by atoms with Crippen molar-refractivity contribution in [3.8, 4) is 0 Å². The first kappa shape index (κ1) is 14.5. The number of carbonyl (C=O) groups excluding carboxylic acids is 1. The van der Waals surface area contributed by atoms with Gasteiger partial charge >= 0.3 is 5.97 Å². The zero-order chi connectivity index (χ0) is 15.6. The molecule has 0 bridgehead atoms. The van der Waals surface area contributed by atoms with E-state index in [1.807, 2.05) is 5.32 Å². The highest BCUT2D eigenvalue weighted by Gasteiger charge is 2.14. The number of carboxylic acids is 1. The number of benzene rings is 1. The van der Waals surface area contributed by atoms with Crippen LogP contribution in [0.5, 0.6) is 0 Å². The average molecular weight is 296 g/mol. The summed E-state index contributed by atoms with van der Waals surface area (Å²) in [5.41, 5.74) is -0.879. The van der Waals surface area contributed by atoms with Crippen LogP contribution in [0.4, 0.5) is 18.9 Å². The number of pyridine rings is 1. The van der Waals surface area contributed by atoms with Gasteiger partial charge in [-0.15, -0.1) is 0 Å². The number of halogens is 3. The summed E-state index contributed by atoms with van der Waals surface area (Å²) in [7, 11) is 0. The fraction of sp³-hybridized carbons (Fsp3) is 0. The molecule has 5 nitrogen and oxygen atoms in total.